The Kier molecular flexibility index (Phi) is 5.84. The van der Waals surface area contributed by atoms with Crippen LogP contribution in [0, 0.1) is 34.7 Å². The van der Waals surface area contributed by atoms with Gasteiger partial charge >= 0.3 is 6.18 Å². The number of rotatable bonds is 5. The molecular formula is C16H8ClF6N3O2. The first-order valence-electron chi connectivity index (χ1n) is 7.30. The molecule has 1 atom stereocenters. The summed E-state index contributed by atoms with van der Waals surface area (Å²) in [6, 6.07) is 2.38. The number of ketones is 2. The van der Waals surface area contributed by atoms with Crippen molar-refractivity contribution in [2.75, 3.05) is 0 Å². The van der Waals surface area contributed by atoms with E-state index >= 15 is 0 Å². The highest BCUT2D eigenvalue weighted by atomic mass is 35.5. The first kappa shape index (κ1) is 21.4. The number of aromatic nitrogens is 2. The molecule has 0 aliphatic rings. The normalized spacial score (nSPS) is 12.5. The lowest BCUT2D eigenvalue weighted by Crippen LogP contribution is -2.21. The van der Waals surface area contributed by atoms with E-state index in [1.807, 2.05) is 0 Å². The van der Waals surface area contributed by atoms with Gasteiger partial charge in [0.2, 0.25) is 0 Å². The number of hydrogen-bond donors (Lipinski definition) is 0. The second-order valence-electron chi connectivity index (χ2n) is 5.53. The van der Waals surface area contributed by atoms with Crippen LogP contribution in [0.2, 0.25) is 5.15 Å². The lowest BCUT2D eigenvalue weighted by molar-refractivity contribution is -0.141. The topological polar surface area (TPSA) is 75.8 Å². The van der Waals surface area contributed by atoms with Gasteiger partial charge in [-0.2, -0.15) is 23.5 Å². The lowest BCUT2D eigenvalue weighted by atomic mass is 9.91. The molecule has 1 heterocycles. The molecule has 2 aromatic rings. The van der Waals surface area contributed by atoms with Crippen molar-refractivity contribution in [3.05, 3.63) is 51.6 Å². The van der Waals surface area contributed by atoms with E-state index in [1.165, 1.54) is 6.07 Å². The number of halogens is 7. The van der Waals surface area contributed by atoms with Crippen molar-refractivity contribution in [2.24, 2.45) is 13.0 Å². The van der Waals surface area contributed by atoms with Gasteiger partial charge in [0.25, 0.3) is 0 Å². The smallest absolute Gasteiger partial charge is 0.294 e. The van der Waals surface area contributed by atoms with Gasteiger partial charge in [-0.05, 0) is 12.1 Å². The number of nitriles is 1. The summed E-state index contributed by atoms with van der Waals surface area (Å²) >= 11 is 5.67. The largest absolute Gasteiger partial charge is 0.435 e. The number of carbonyl (C=O) groups is 2. The van der Waals surface area contributed by atoms with Crippen LogP contribution in [0.25, 0.3) is 0 Å². The Morgan fingerprint density at radius 1 is 1.25 bits per heavy atom. The third-order valence-electron chi connectivity index (χ3n) is 3.69. The summed E-state index contributed by atoms with van der Waals surface area (Å²) in [6.07, 6.45) is -6.16. The molecule has 1 unspecified atom stereocenters. The summed E-state index contributed by atoms with van der Waals surface area (Å²) in [5.74, 6) is -10.1. The molecule has 5 nitrogen and oxygen atoms in total. The van der Waals surface area contributed by atoms with E-state index < -0.39 is 69.5 Å². The Labute approximate surface area is 158 Å². The van der Waals surface area contributed by atoms with Crippen LogP contribution in [0.4, 0.5) is 26.3 Å². The molecule has 1 aromatic carbocycles. The molecule has 0 N–H and O–H groups in total. The maximum atomic E-state index is 13.7. The molecule has 0 saturated carbocycles. The monoisotopic (exact) mass is 423 g/mol. The highest BCUT2D eigenvalue weighted by Gasteiger charge is 2.42. The van der Waals surface area contributed by atoms with Crippen molar-refractivity contribution in [2.45, 2.75) is 12.6 Å². The number of carbonyl (C=O) groups excluding carboxylic acids is 2. The van der Waals surface area contributed by atoms with Crippen LogP contribution in [0.3, 0.4) is 0 Å². The minimum atomic E-state index is -5.08. The van der Waals surface area contributed by atoms with E-state index in [1.54, 1.807) is 0 Å². The van der Waals surface area contributed by atoms with E-state index in [4.69, 9.17) is 16.9 Å². The fourth-order valence-corrected chi connectivity index (χ4v) is 2.55. The van der Waals surface area contributed by atoms with Gasteiger partial charge in [-0.1, -0.05) is 11.6 Å². The Hall–Kier alpha value is -2.87. The van der Waals surface area contributed by atoms with Crippen LogP contribution in [0.5, 0.6) is 0 Å². The van der Waals surface area contributed by atoms with Crippen molar-refractivity contribution < 1.29 is 35.9 Å². The third kappa shape index (κ3) is 3.87. The molecule has 0 amide bonds. The quantitative estimate of drug-likeness (QED) is 0.412. The lowest BCUT2D eigenvalue weighted by Gasteiger charge is -2.10. The summed E-state index contributed by atoms with van der Waals surface area (Å²) in [7, 11) is 1.03. The van der Waals surface area contributed by atoms with Gasteiger partial charge in [0.15, 0.2) is 34.7 Å². The number of aryl methyl sites for hydroxylation is 1. The maximum absolute atomic E-state index is 13.7. The van der Waals surface area contributed by atoms with Crippen LogP contribution in [0.15, 0.2) is 12.1 Å². The van der Waals surface area contributed by atoms with Gasteiger partial charge in [-0.25, -0.2) is 13.2 Å². The molecule has 1 aromatic heterocycles. The summed E-state index contributed by atoms with van der Waals surface area (Å²) in [6.45, 7) is 0. The molecule has 28 heavy (non-hydrogen) atoms. The van der Waals surface area contributed by atoms with Crippen LogP contribution >= 0.6 is 11.6 Å². The molecular weight excluding hydrogens is 416 g/mol. The summed E-state index contributed by atoms with van der Waals surface area (Å²) < 4.78 is 79.6. The van der Waals surface area contributed by atoms with Gasteiger partial charge in [0.1, 0.15) is 11.1 Å². The molecule has 2 rings (SSSR count). The molecule has 148 valence electrons. The van der Waals surface area contributed by atoms with Crippen molar-refractivity contribution in [3.63, 3.8) is 0 Å². The van der Waals surface area contributed by atoms with Crippen LogP contribution in [-0.4, -0.2) is 21.3 Å². The summed E-state index contributed by atoms with van der Waals surface area (Å²) in [5, 5.41) is 11.5. The van der Waals surface area contributed by atoms with Gasteiger partial charge in [-0.15, -0.1) is 0 Å². The molecule has 0 spiro atoms. The van der Waals surface area contributed by atoms with E-state index in [2.05, 4.69) is 5.10 Å². The number of benzene rings is 1. The molecule has 0 saturated heterocycles. The molecule has 12 heteroatoms. The average molecular weight is 424 g/mol. The predicted molar refractivity (Wildman–Crippen MR) is 81.9 cm³/mol. The zero-order valence-corrected chi connectivity index (χ0v) is 14.5. The Balaban J connectivity index is 2.40. The van der Waals surface area contributed by atoms with Crippen molar-refractivity contribution >= 4 is 23.2 Å². The zero-order chi connectivity index (χ0) is 21.4. The number of Topliss-reactive ketones (excluding diaryl/α,β-unsaturated/α-hetero) is 2. The number of hydrogen-bond acceptors (Lipinski definition) is 4. The van der Waals surface area contributed by atoms with Gasteiger partial charge in [0.05, 0.1) is 17.2 Å². The zero-order valence-electron chi connectivity index (χ0n) is 13.7. The van der Waals surface area contributed by atoms with E-state index in [-0.39, 0.29) is 0 Å². The first-order valence-corrected chi connectivity index (χ1v) is 7.68. The summed E-state index contributed by atoms with van der Waals surface area (Å²) in [4.78, 5) is 24.5. The minimum Gasteiger partial charge on any atom is -0.294 e. The Morgan fingerprint density at radius 2 is 1.86 bits per heavy atom. The van der Waals surface area contributed by atoms with Crippen LogP contribution in [0.1, 0.15) is 32.8 Å². The van der Waals surface area contributed by atoms with E-state index in [0.717, 1.165) is 7.05 Å². The molecule has 0 aliphatic heterocycles. The van der Waals surface area contributed by atoms with Gasteiger partial charge < -0.3 is 0 Å². The molecule has 0 fully saturated rings. The van der Waals surface area contributed by atoms with Gasteiger partial charge in [0, 0.05) is 13.5 Å². The maximum Gasteiger partial charge on any atom is 0.435 e. The first-order chi connectivity index (χ1) is 12.9. The SMILES string of the molecule is Cn1nc(C(F)(F)F)c(C(=O)C(C#N)CC(=O)c2ccc(F)c(F)c2F)c1Cl. The Morgan fingerprint density at radius 3 is 2.39 bits per heavy atom. The molecule has 0 aliphatic carbocycles. The molecule has 0 bridgehead atoms. The fourth-order valence-electron chi connectivity index (χ4n) is 2.33. The highest BCUT2D eigenvalue weighted by molar-refractivity contribution is 6.33. The second kappa shape index (κ2) is 7.63. The minimum absolute atomic E-state index is 0.453. The third-order valence-corrected chi connectivity index (χ3v) is 4.12. The van der Waals surface area contributed by atoms with Crippen molar-refractivity contribution in [1.82, 2.24) is 9.78 Å². The predicted octanol–water partition coefficient (Wildman–Crippen LogP) is 4.11. The second-order valence-corrected chi connectivity index (χ2v) is 5.89. The number of alkyl halides is 3. The molecule has 0 radical (unpaired) electrons. The highest BCUT2D eigenvalue weighted by Crippen LogP contribution is 2.36. The van der Waals surface area contributed by atoms with Gasteiger partial charge in [-0.3, -0.25) is 14.3 Å². The summed E-state index contributed by atoms with van der Waals surface area (Å²) in [5.41, 5.74) is -3.74. The van der Waals surface area contributed by atoms with Crippen LogP contribution < -0.4 is 0 Å². The van der Waals surface area contributed by atoms with E-state index in [9.17, 15) is 35.9 Å². The fraction of sp³-hybridized carbons (Fsp3) is 0.250. The van der Waals surface area contributed by atoms with Crippen molar-refractivity contribution in [1.29, 1.82) is 5.26 Å². The number of nitrogens with zero attached hydrogens (tertiary/aromatic N) is 3. The van der Waals surface area contributed by atoms with Crippen molar-refractivity contribution in [3.8, 4) is 6.07 Å². The van der Waals surface area contributed by atoms with E-state index in [0.29, 0.717) is 16.8 Å². The standard InChI is InChI=1S/C16H8ClF6N3O2/c1-26-15(17)10(14(25-26)16(21,22)23)13(28)6(5-24)4-9(27)7-2-3-8(18)12(20)11(7)19/h2-3,6H,4H2,1H3. The Bertz CT molecular complexity index is 1010. The van der Waals surface area contributed by atoms with Crippen LogP contribution in [-0.2, 0) is 13.2 Å². The average Bonchev–Trinajstić information content (AvgIpc) is 2.92.